The summed E-state index contributed by atoms with van der Waals surface area (Å²) in [5, 5.41) is 17.0. The van der Waals surface area contributed by atoms with Crippen molar-refractivity contribution in [2.24, 2.45) is 0 Å². The quantitative estimate of drug-likeness (QED) is 0.535. The zero-order chi connectivity index (χ0) is 20.1. The molecule has 0 aromatic rings. The van der Waals surface area contributed by atoms with Gasteiger partial charge in [-0.3, -0.25) is 0 Å². The number of hydrogen-bond acceptors (Lipinski definition) is 2. The standard InChI is InChI=1S/C5H12O.C4H10O.4C3H8.CH4/c1-3-5(6)4-2;1-3-4(2)5;4*1-3-2;/h5-6H,3-4H2,1-2H3;4-5H,3H2,1-2H3;4*3H2,1-2H3;1H4. The summed E-state index contributed by atoms with van der Waals surface area (Å²) in [4.78, 5) is 0. The largest absolute Gasteiger partial charge is 0.393 e. The Labute approximate surface area is 158 Å². The first kappa shape index (κ1) is 43.9. The van der Waals surface area contributed by atoms with Crippen molar-refractivity contribution in [1.82, 2.24) is 0 Å². The van der Waals surface area contributed by atoms with Crippen LogP contribution in [0.1, 0.15) is 135 Å². The van der Waals surface area contributed by atoms with Gasteiger partial charge in [0.2, 0.25) is 0 Å². The lowest BCUT2D eigenvalue weighted by Crippen LogP contribution is -1.99. The molecule has 0 aliphatic carbocycles. The fraction of sp³-hybridized carbons (Fsp3) is 1.00. The van der Waals surface area contributed by atoms with Crippen LogP contribution in [0.2, 0.25) is 0 Å². The van der Waals surface area contributed by atoms with Crippen LogP contribution in [0.4, 0.5) is 0 Å². The second kappa shape index (κ2) is 66.0. The summed E-state index contributed by atoms with van der Waals surface area (Å²) < 4.78 is 0. The third kappa shape index (κ3) is 274. The molecule has 2 heteroatoms. The molecule has 0 amide bonds. The lowest BCUT2D eigenvalue weighted by Gasteiger charge is -1.98. The van der Waals surface area contributed by atoms with Crippen molar-refractivity contribution in [2.45, 2.75) is 148 Å². The molecule has 0 aliphatic rings. The first-order chi connectivity index (χ1) is 10.7. The van der Waals surface area contributed by atoms with Crippen LogP contribution in [-0.2, 0) is 0 Å². The lowest BCUT2D eigenvalue weighted by molar-refractivity contribution is 0.166. The van der Waals surface area contributed by atoms with Crippen molar-refractivity contribution in [2.75, 3.05) is 0 Å². The predicted octanol–water partition coefficient (Wildman–Crippen LogP) is 8.25. The average Bonchev–Trinajstić information content (AvgIpc) is 2.50. The van der Waals surface area contributed by atoms with Crippen molar-refractivity contribution in [1.29, 1.82) is 0 Å². The first-order valence-corrected chi connectivity index (χ1v) is 10.1. The molecule has 1 atom stereocenters. The highest BCUT2D eigenvalue weighted by atomic mass is 16.3. The molecule has 0 rings (SSSR count). The minimum absolute atomic E-state index is 0. The predicted molar refractivity (Wildman–Crippen MR) is 119 cm³/mol. The highest BCUT2D eigenvalue weighted by molar-refractivity contribution is 4.43. The van der Waals surface area contributed by atoms with Gasteiger partial charge in [0.15, 0.2) is 0 Å². The van der Waals surface area contributed by atoms with Gasteiger partial charge in [0.25, 0.3) is 0 Å². The van der Waals surface area contributed by atoms with Gasteiger partial charge in [-0.05, 0) is 26.2 Å². The summed E-state index contributed by atoms with van der Waals surface area (Å²) in [6, 6.07) is 0. The van der Waals surface area contributed by atoms with Gasteiger partial charge in [0, 0.05) is 0 Å². The van der Waals surface area contributed by atoms with E-state index in [1.165, 1.54) is 25.7 Å². The molecule has 158 valence electrons. The zero-order valence-corrected chi connectivity index (χ0v) is 19.0. The summed E-state index contributed by atoms with van der Waals surface area (Å²) >= 11 is 0. The van der Waals surface area contributed by atoms with Gasteiger partial charge < -0.3 is 10.2 Å². The smallest absolute Gasteiger partial charge is 0.0535 e. The highest BCUT2D eigenvalue weighted by Gasteiger charge is 1.90. The Bertz CT molecular complexity index is 92.1. The lowest BCUT2D eigenvalue weighted by atomic mass is 10.2. The van der Waals surface area contributed by atoms with E-state index < -0.39 is 0 Å². The van der Waals surface area contributed by atoms with Crippen molar-refractivity contribution in [3.05, 3.63) is 0 Å². The Morgan fingerprint density at radius 3 is 0.625 bits per heavy atom. The van der Waals surface area contributed by atoms with Crippen molar-refractivity contribution >= 4 is 0 Å². The van der Waals surface area contributed by atoms with Crippen molar-refractivity contribution < 1.29 is 10.2 Å². The van der Waals surface area contributed by atoms with Crippen LogP contribution in [-0.4, -0.2) is 22.4 Å². The third-order valence-corrected chi connectivity index (χ3v) is 1.53. The Morgan fingerprint density at radius 2 is 0.625 bits per heavy atom. The monoisotopic (exact) mass is 354 g/mol. The molecule has 2 N–H and O–H groups in total. The van der Waals surface area contributed by atoms with E-state index in [0.717, 1.165) is 19.3 Å². The van der Waals surface area contributed by atoms with E-state index in [0.29, 0.717) is 0 Å². The van der Waals surface area contributed by atoms with Crippen LogP contribution in [0.25, 0.3) is 0 Å². The van der Waals surface area contributed by atoms with Crippen molar-refractivity contribution in [3.8, 4) is 0 Å². The molecule has 0 spiro atoms. The van der Waals surface area contributed by atoms with Gasteiger partial charge in [0.1, 0.15) is 0 Å². The number of aliphatic hydroxyl groups is 2. The first-order valence-electron chi connectivity index (χ1n) is 10.1. The SMILES string of the molecule is C.CCC.CCC.CCC.CCC.CCC(C)O.CCC(O)CC. The molecule has 24 heavy (non-hydrogen) atoms. The maximum absolute atomic E-state index is 8.67. The summed E-state index contributed by atoms with van der Waals surface area (Å²) in [5.74, 6) is 0. The third-order valence-electron chi connectivity index (χ3n) is 1.53. The van der Waals surface area contributed by atoms with Crippen molar-refractivity contribution in [3.63, 3.8) is 0 Å². The van der Waals surface area contributed by atoms with Gasteiger partial charge in [-0.25, -0.2) is 0 Å². The fourth-order valence-corrected chi connectivity index (χ4v) is 0.289. The summed E-state index contributed by atoms with van der Waals surface area (Å²) in [5.41, 5.74) is 0. The molecule has 0 aromatic heterocycles. The van der Waals surface area contributed by atoms with Gasteiger partial charge in [0.05, 0.1) is 12.2 Å². The average molecular weight is 355 g/mol. The Kier molecular flexibility index (Phi) is 121. The van der Waals surface area contributed by atoms with E-state index in [-0.39, 0.29) is 19.6 Å². The zero-order valence-electron chi connectivity index (χ0n) is 19.0. The molecule has 0 aromatic carbocycles. The molecule has 0 saturated carbocycles. The molecule has 1 unspecified atom stereocenters. The highest BCUT2D eigenvalue weighted by Crippen LogP contribution is 1.92. The van der Waals surface area contributed by atoms with E-state index in [1.54, 1.807) is 6.92 Å². The second-order valence-corrected chi connectivity index (χ2v) is 5.56. The van der Waals surface area contributed by atoms with Crippen LogP contribution in [0.5, 0.6) is 0 Å². The van der Waals surface area contributed by atoms with Crippen LogP contribution in [0.15, 0.2) is 0 Å². The summed E-state index contributed by atoms with van der Waals surface area (Å²) in [6.45, 7) is 24.7. The minimum atomic E-state index is -0.116. The Morgan fingerprint density at radius 1 is 0.500 bits per heavy atom. The maximum atomic E-state index is 8.67. The van der Waals surface area contributed by atoms with Gasteiger partial charge in [-0.2, -0.15) is 0 Å². The van der Waals surface area contributed by atoms with Crippen LogP contribution >= 0.6 is 0 Å². The Hall–Kier alpha value is -0.0800. The molecule has 0 aliphatic heterocycles. The van der Waals surface area contributed by atoms with E-state index in [4.69, 9.17) is 10.2 Å². The number of rotatable bonds is 3. The van der Waals surface area contributed by atoms with E-state index in [1.807, 2.05) is 20.8 Å². The van der Waals surface area contributed by atoms with Gasteiger partial charge in [-0.1, -0.05) is 109 Å². The normalized spacial score (nSPS) is 8.62. The molecule has 0 heterocycles. The molecule has 0 bridgehead atoms. The van der Waals surface area contributed by atoms with E-state index >= 15 is 0 Å². The van der Waals surface area contributed by atoms with Crippen LogP contribution in [0, 0.1) is 0 Å². The number of aliphatic hydroxyl groups excluding tert-OH is 2. The number of hydrogen-bond donors (Lipinski definition) is 2. The molecule has 2 nitrogen and oxygen atoms in total. The molecule has 0 fully saturated rings. The minimum Gasteiger partial charge on any atom is -0.393 e. The van der Waals surface area contributed by atoms with E-state index in [2.05, 4.69) is 55.4 Å². The summed E-state index contributed by atoms with van der Waals surface area (Å²) in [7, 11) is 0. The summed E-state index contributed by atoms with van der Waals surface area (Å²) in [6.07, 6.45) is 7.45. The van der Waals surface area contributed by atoms with Crippen LogP contribution < -0.4 is 0 Å². The molecular weight excluding hydrogens is 296 g/mol. The van der Waals surface area contributed by atoms with Crippen LogP contribution in [0.3, 0.4) is 0 Å². The van der Waals surface area contributed by atoms with Gasteiger partial charge in [-0.15, -0.1) is 0 Å². The second-order valence-electron chi connectivity index (χ2n) is 5.56. The topological polar surface area (TPSA) is 40.5 Å². The maximum Gasteiger partial charge on any atom is 0.0535 e. The van der Waals surface area contributed by atoms with E-state index in [9.17, 15) is 0 Å². The molecule has 0 saturated heterocycles. The molecule has 0 radical (unpaired) electrons. The van der Waals surface area contributed by atoms with Gasteiger partial charge >= 0.3 is 0 Å². The molecular formula is C22H58O2. The fourth-order valence-electron chi connectivity index (χ4n) is 0.289. The Balaban J connectivity index is -0.0000000296.